The summed E-state index contributed by atoms with van der Waals surface area (Å²) in [6.07, 6.45) is 0.557. The molecule has 1 heterocycles. The van der Waals surface area contributed by atoms with Gasteiger partial charge in [-0.15, -0.1) is 0 Å². The number of methoxy groups -OCH3 is 1. The zero-order valence-corrected chi connectivity index (χ0v) is 15.7. The fraction of sp³-hybridized carbons (Fsp3) is 0.474. The van der Waals surface area contributed by atoms with Crippen molar-refractivity contribution < 1.29 is 23.9 Å². The van der Waals surface area contributed by atoms with Gasteiger partial charge in [-0.05, 0) is 30.9 Å². The van der Waals surface area contributed by atoms with Crippen LogP contribution in [0.5, 0.6) is 0 Å². The van der Waals surface area contributed by atoms with Crippen LogP contribution >= 0.6 is 0 Å². The molecule has 2 atom stereocenters. The lowest BCUT2D eigenvalue weighted by atomic mass is 10.0. The molecule has 0 spiro atoms. The molecule has 3 amide bonds. The van der Waals surface area contributed by atoms with Crippen LogP contribution < -0.4 is 16.0 Å². The van der Waals surface area contributed by atoms with Crippen LogP contribution in [-0.4, -0.2) is 42.9 Å². The molecule has 8 heteroatoms. The number of esters is 1. The average molecular weight is 375 g/mol. The smallest absolute Gasteiger partial charge is 0.328 e. The van der Waals surface area contributed by atoms with E-state index in [2.05, 4.69) is 16.0 Å². The van der Waals surface area contributed by atoms with Gasteiger partial charge in [0.1, 0.15) is 12.1 Å². The quantitative estimate of drug-likeness (QED) is 0.620. The Morgan fingerprint density at radius 1 is 1.22 bits per heavy atom. The predicted molar refractivity (Wildman–Crippen MR) is 99.0 cm³/mol. The third kappa shape index (κ3) is 5.54. The van der Waals surface area contributed by atoms with Crippen molar-refractivity contribution in [3.63, 3.8) is 0 Å². The molecule has 146 valence electrons. The molecule has 2 unspecified atom stereocenters. The first kappa shape index (κ1) is 20.4. The molecule has 0 radical (unpaired) electrons. The lowest BCUT2D eigenvalue weighted by Gasteiger charge is -2.19. The number of benzene rings is 1. The molecular weight excluding hydrogens is 350 g/mol. The summed E-state index contributed by atoms with van der Waals surface area (Å²) in [5, 5.41) is 7.97. The number of anilines is 1. The minimum atomic E-state index is -0.836. The molecule has 0 saturated carbocycles. The van der Waals surface area contributed by atoms with E-state index in [0.717, 1.165) is 0 Å². The number of hydrogen-bond acceptors (Lipinski definition) is 5. The van der Waals surface area contributed by atoms with E-state index >= 15 is 0 Å². The SMILES string of the molecule is COC(=O)C(CC(C)C)NC(=O)CCC1NC(=O)c2ccccc2NC1=O. The highest BCUT2D eigenvalue weighted by Crippen LogP contribution is 2.19. The fourth-order valence-corrected chi connectivity index (χ4v) is 2.88. The molecule has 0 saturated heterocycles. The van der Waals surface area contributed by atoms with Crippen molar-refractivity contribution in [1.82, 2.24) is 10.6 Å². The van der Waals surface area contributed by atoms with Crippen LogP contribution in [0.4, 0.5) is 5.69 Å². The maximum absolute atomic E-state index is 12.3. The van der Waals surface area contributed by atoms with Gasteiger partial charge in [-0.25, -0.2) is 4.79 Å². The van der Waals surface area contributed by atoms with Crippen LogP contribution in [0.15, 0.2) is 24.3 Å². The number of rotatable bonds is 7. The molecule has 1 aromatic carbocycles. The standard InChI is InChI=1S/C19H25N3O5/c1-11(2)10-15(19(26)27-3)20-16(23)9-8-14-18(25)21-13-7-5-4-6-12(13)17(24)22-14/h4-7,11,14-15H,8-10H2,1-3H3,(H,20,23)(H,21,25)(H,22,24). The largest absolute Gasteiger partial charge is 0.467 e. The molecule has 1 aromatic rings. The van der Waals surface area contributed by atoms with E-state index in [0.29, 0.717) is 17.7 Å². The second kappa shape index (κ2) is 9.16. The Morgan fingerprint density at radius 3 is 2.59 bits per heavy atom. The molecule has 0 aliphatic carbocycles. The van der Waals surface area contributed by atoms with Gasteiger partial charge in [0.15, 0.2) is 0 Å². The van der Waals surface area contributed by atoms with Gasteiger partial charge in [-0.3, -0.25) is 14.4 Å². The van der Waals surface area contributed by atoms with E-state index in [1.807, 2.05) is 13.8 Å². The minimum absolute atomic E-state index is 0.0136. The molecule has 8 nitrogen and oxygen atoms in total. The van der Waals surface area contributed by atoms with Gasteiger partial charge in [0.2, 0.25) is 11.8 Å². The van der Waals surface area contributed by atoms with Gasteiger partial charge < -0.3 is 20.7 Å². The van der Waals surface area contributed by atoms with Gasteiger partial charge in [0.25, 0.3) is 5.91 Å². The zero-order chi connectivity index (χ0) is 20.0. The Balaban J connectivity index is 1.95. The van der Waals surface area contributed by atoms with Crippen molar-refractivity contribution in [2.75, 3.05) is 12.4 Å². The predicted octanol–water partition coefficient (Wildman–Crippen LogP) is 1.22. The van der Waals surface area contributed by atoms with Gasteiger partial charge in [-0.2, -0.15) is 0 Å². The monoisotopic (exact) mass is 375 g/mol. The van der Waals surface area contributed by atoms with E-state index in [1.54, 1.807) is 24.3 Å². The van der Waals surface area contributed by atoms with Crippen LogP contribution in [0.3, 0.4) is 0 Å². The maximum Gasteiger partial charge on any atom is 0.328 e. The van der Waals surface area contributed by atoms with Crippen molar-refractivity contribution in [3.8, 4) is 0 Å². The minimum Gasteiger partial charge on any atom is -0.467 e. The lowest BCUT2D eigenvalue weighted by molar-refractivity contribution is -0.145. The first-order chi connectivity index (χ1) is 12.8. The number of nitrogens with one attached hydrogen (secondary N) is 3. The van der Waals surface area contributed by atoms with E-state index in [4.69, 9.17) is 4.74 Å². The number of hydrogen-bond donors (Lipinski definition) is 3. The third-order valence-corrected chi connectivity index (χ3v) is 4.24. The normalized spacial score (nSPS) is 17.3. The third-order valence-electron chi connectivity index (χ3n) is 4.24. The summed E-state index contributed by atoms with van der Waals surface area (Å²) >= 11 is 0. The molecule has 0 fully saturated rings. The van der Waals surface area contributed by atoms with E-state index in [1.165, 1.54) is 7.11 Å². The highest BCUT2D eigenvalue weighted by Gasteiger charge is 2.29. The fourth-order valence-electron chi connectivity index (χ4n) is 2.88. The van der Waals surface area contributed by atoms with Gasteiger partial charge in [-0.1, -0.05) is 26.0 Å². The summed E-state index contributed by atoms with van der Waals surface area (Å²) in [5.74, 6) is -1.45. The van der Waals surface area contributed by atoms with Crippen LogP contribution in [0.1, 0.15) is 43.5 Å². The van der Waals surface area contributed by atoms with Gasteiger partial charge >= 0.3 is 5.97 Å². The Bertz CT molecular complexity index is 732. The van der Waals surface area contributed by atoms with Crippen molar-refractivity contribution in [3.05, 3.63) is 29.8 Å². The summed E-state index contributed by atoms with van der Waals surface area (Å²) in [7, 11) is 1.27. The summed E-state index contributed by atoms with van der Waals surface area (Å²) in [4.78, 5) is 48.6. The van der Waals surface area contributed by atoms with E-state index in [-0.39, 0.29) is 36.5 Å². The molecule has 0 bridgehead atoms. The highest BCUT2D eigenvalue weighted by molar-refractivity contribution is 6.09. The maximum atomic E-state index is 12.3. The van der Waals surface area contributed by atoms with Crippen LogP contribution in [0, 0.1) is 5.92 Å². The summed E-state index contributed by atoms with van der Waals surface area (Å²) < 4.78 is 4.72. The Morgan fingerprint density at radius 2 is 1.93 bits per heavy atom. The topological polar surface area (TPSA) is 114 Å². The number of amides is 3. The number of ether oxygens (including phenoxy) is 1. The van der Waals surface area contributed by atoms with Crippen LogP contribution in [0.2, 0.25) is 0 Å². The molecule has 27 heavy (non-hydrogen) atoms. The molecule has 1 aliphatic rings. The highest BCUT2D eigenvalue weighted by atomic mass is 16.5. The first-order valence-electron chi connectivity index (χ1n) is 8.89. The molecule has 0 aromatic heterocycles. The first-order valence-corrected chi connectivity index (χ1v) is 8.89. The summed E-state index contributed by atoms with van der Waals surface area (Å²) in [5.41, 5.74) is 0.815. The average Bonchev–Trinajstić information content (AvgIpc) is 2.74. The Kier molecular flexibility index (Phi) is 6.92. The number of para-hydroxylation sites is 1. The summed E-state index contributed by atoms with van der Waals surface area (Å²) in [6.45, 7) is 3.87. The second-order valence-corrected chi connectivity index (χ2v) is 6.87. The molecular formula is C19H25N3O5. The number of fused-ring (bicyclic) bond motifs is 1. The summed E-state index contributed by atoms with van der Waals surface area (Å²) in [6, 6.07) is 5.13. The van der Waals surface area contributed by atoms with Crippen LogP contribution in [0.25, 0.3) is 0 Å². The van der Waals surface area contributed by atoms with E-state index in [9.17, 15) is 19.2 Å². The van der Waals surface area contributed by atoms with Gasteiger partial charge in [0, 0.05) is 6.42 Å². The van der Waals surface area contributed by atoms with Crippen molar-refractivity contribution in [1.29, 1.82) is 0 Å². The molecule has 2 rings (SSSR count). The Labute approximate surface area is 158 Å². The van der Waals surface area contributed by atoms with Crippen molar-refractivity contribution in [2.45, 2.75) is 45.2 Å². The second-order valence-electron chi connectivity index (χ2n) is 6.87. The molecule has 3 N–H and O–H groups in total. The van der Waals surface area contributed by atoms with E-state index < -0.39 is 18.1 Å². The number of carbonyl (C=O) groups excluding carboxylic acids is 4. The number of carbonyl (C=O) groups is 4. The zero-order valence-electron chi connectivity index (χ0n) is 15.7. The Hall–Kier alpha value is -2.90. The molecule has 1 aliphatic heterocycles. The lowest BCUT2D eigenvalue weighted by Crippen LogP contribution is -2.44. The van der Waals surface area contributed by atoms with Crippen LogP contribution in [-0.2, 0) is 19.1 Å². The van der Waals surface area contributed by atoms with Crippen molar-refractivity contribution in [2.24, 2.45) is 5.92 Å². The van der Waals surface area contributed by atoms with Crippen molar-refractivity contribution >= 4 is 29.4 Å². The van der Waals surface area contributed by atoms with Gasteiger partial charge in [0.05, 0.1) is 18.4 Å².